The molecule has 1 aliphatic carbocycles. The highest BCUT2D eigenvalue weighted by molar-refractivity contribution is 5.92. The van der Waals surface area contributed by atoms with Gasteiger partial charge in [-0.3, -0.25) is 4.79 Å². The smallest absolute Gasteiger partial charge is 0.180 e. The predicted molar refractivity (Wildman–Crippen MR) is 74.3 cm³/mol. The van der Waals surface area contributed by atoms with Gasteiger partial charge in [-0.25, -0.2) is 0 Å². The lowest BCUT2D eigenvalue weighted by Crippen LogP contribution is -2.24. The number of ether oxygens (including phenoxy) is 1. The molecule has 0 radical (unpaired) electrons. The summed E-state index contributed by atoms with van der Waals surface area (Å²) in [5, 5.41) is 0. The maximum Gasteiger partial charge on any atom is 0.180 e. The highest BCUT2D eigenvalue weighted by Gasteiger charge is 2.36. The van der Waals surface area contributed by atoms with Crippen LogP contribution in [0.25, 0.3) is 0 Å². The number of para-hydroxylation sites is 1. The van der Waals surface area contributed by atoms with Crippen molar-refractivity contribution in [2.75, 3.05) is 0 Å². The van der Waals surface area contributed by atoms with Crippen molar-refractivity contribution in [3.8, 4) is 5.75 Å². The van der Waals surface area contributed by atoms with Crippen molar-refractivity contribution in [2.24, 2.45) is 0 Å². The van der Waals surface area contributed by atoms with Crippen LogP contribution in [0.4, 0.5) is 0 Å². The van der Waals surface area contributed by atoms with Crippen molar-refractivity contribution in [1.82, 2.24) is 0 Å². The average molecular weight is 252 g/mol. The van der Waals surface area contributed by atoms with E-state index in [1.165, 1.54) is 0 Å². The van der Waals surface area contributed by atoms with Crippen LogP contribution in [0.15, 0.2) is 60.7 Å². The minimum atomic E-state index is -0.299. The van der Waals surface area contributed by atoms with Crippen LogP contribution in [0, 0.1) is 0 Å². The third-order valence-corrected chi connectivity index (χ3v) is 3.60. The van der Waals surface area contributed by atoms with Gasteiger partial charge < -0.3 is 4.74 Å². The first-order valence-corrected chi connectivity index (χ1v) is 6.65. The van der Waals surface area contributed by atoms with E-state index in [0.717, 1.165) is 24.2 Å². The van der Waals surface area contributed by atoms with Crippen molar-refractivity contribution in [1.29, 1.82) is 0 Å². The Morgan fingerprint density at radius 1 is 0.842 bits per heavy atom. The van der Waals surface area contributed by atoms with Gasteiger partial charge in [-0.05, 0) is 30.5 Å². The van der Waals surface area contributed by atoms with E-state index in [1.807, 2.05) is 60.7 Å². The Balaban J connectivity index is 1.73. The summed E-state index contributed by atoms with van der Waals surface area (Å²) >= 11 is 0. The Morgan fingerprint density at radius 3 is 2.16 bits per heavy atom. The van der Waals surface area contributed by atoms with Gasteiger partial charge in [0, 0.05) is 5.92 Å². The predicted octanol–water partition coefficient (Wildman–Crippen LogP) is 3.58. The van der Waals surface area contributed by atoms with E-state index in [9.17, 15) is 4.79 Å². The molecule has 0 bridgehead atoms. The van der Waals surface area contributed by atoms with Crippen molar-refractivity contribution < 1.29 is 9.53 Å². The normalized spacial score (nSPS) is 22.4. The van der Waals surface area contributed by atoms with Crippen LogP contribution in [0.1, 0.15) is 24.3 Å². The van der Waals surface area contributed by atoms with Gasteiger partial charge in [0.1, 0.15) is 5.75 Å². The minimum absolute atomic E-state index is 0.00471. The highest BCUT2D eigenvalue weighted by atomic mass is 16.5. The molecule has 0 spiro atoms. The van der Waals surface area contributed by atoms with Gasteiger partial charge in [-0.15, -0.1) is 0 Å². The van der Waals surface area contributed by atoms with Crippen LogP contribution in [0.3, 0.4) is 0 Å². The van der Waals surface area contributed by atoms with E-state index in [4.69, 9.17) is 4.74 Å². The number of carbonyl (C=O) groups is 1. The van der Waals surface area contributed by atoms with E-state index in [1.54, 1.807) is 0 Å². The van der Waals surface area contributed by atoms with Gasteiger partial charge in [-0.1, -0.05) is 48.5 Å². The third-order valence-electron chi connectivity index (χ3n) is 3.60. The summed E-state index contributed by atoms with van der Waals surface area (Å²) < 4.78 is 5.79. The molecular formula is C17H16O2. The average Bonchev–Trinajstić information content (AvgIpc) is 2.82. The quantitative estimate of drug-likeness (QED) is 0.834. The molecule has 2 unspecified atom stereocenters. The fourth-order valence-electron chi connectivity index (χ4n) is 2.62. The fourth-order valence-corrected chi connectivity index (χ4v) is 2.62. The van der Waals surface area contributed by atoms with Crippen LogP contribution in [-0.2, 0) is 4.79 Å². The second kappa shape index (κ2) is 5.27. The van der Waals surface area contributed by atoms with Gasteiger partial charge in [0.25, 0.3) is 0 Å². The van der Waals surface area contributed by atoms with Gasteiger partial charge in [0.2, 0.25) is 0 Å². The van der Waals surface area contributed by atoms with Crippen molar-refractivity contribution in [3.63, 3.8) is 0 Å². The Kier molecular flexibility index (Phi) is 3.32. The molecule has 0 N–H and O–H groups in total. The fraction of sp³-hybridized carbons (Fsp3) is 0.235. The standard InChI is InChI=1S/C17H16O2/c18-17-15(13-7-3-1-4-8-13)11-12-16(17)19-14-9-5-2-6-10-14/h1-10,15-16H,11-12H2. The molecule has 0 aromatic heterocycles. The molecule has 2 aromatic carbocycles. The molecular weight excluding hydrogens is 236 g/mol. The maximum atomic E-state index is 12.4. The Bertz CT molecular complexity index is 548. The molecule has 2 nitrogen and oxygen atoms in total. The number of benzene rings is 2. The first-order valence-electron chi connectivity index (χ1n) is 6.65. The van der Waals surface area contributed by atoms with Gasteiger partial charge in [0.15, 0.2) is 11.9 Å². The number of hydrogen-bond donors (Lipinski definition) is 0. The Labute approximate surface area is 113 Å². The second-order valence-electron chi connectivity index (χ2n) is 4.86. The Hall–Kier alpha value is -2.09. The SMILES string of the molecule is O=C1C(Oc2ccccc2)CCC1c1ccccc1. The monoisotopic (exact) mass is 252 g/mol. The first kappa shape index (κ1) is 12.0. The summed E-state index contributed by atoms with van der Waals surface area (Å²) in [7, 11) is 0. The molecule has 1 saturated carbocycles. The summed E-state index contributed by atoms with van der Waals surface area (Å²) in [5.74, 6) is 0.972. The second-order valence-corrected chi connectivity index (χ2v) is 4.86. The molecule has 19 heavy (non-hydrogen) atoms. The van der Waals surface area contributed by atoms with Crippen LogP contribution < -0.4 is 4.74 Å². The Morgan fingerprint density at radius 2 is 1.47 bits per heavy atom. The zero-order valence-corrected chi connectivity index (χ0v) is 10.7. The summed E-state index contributed by atoms with van der Waals surface area (Å²) in [6, 6.07) is 19.5. The number of Topliss-reactive ketones (excluding diaryl/α,β-unsaturated/α-hetero) is 1. The summed E-state index contributed by atoms with van der Waals surface area (Å²) in [6.45, 7) is 0. The van der Waals surface area contributed by atoms with Crippen LogP contribution in [-0.4, -0.2) is 11.9 Å². The van der Waals surface area contributed by atoms with E-state index >= 15 is 0 Å². The number of rotatable bonds is 3. The van der Waals surface area contributed by atoms with Gasteiger partial charge in [0.05, 0.1) is 0 Å². The van der Waals surface area contributed by atoms with Gasteiger partial charge in [-0.2, -0.15) is 0 Å². The molecule has 3 rings (SSSR count). The number of ketones is 1. The summed E-state index contributed by atoms with van der Waals surface area (Å²) in [5.41, 5.74) is 1.10. The molecule has 0 aliphatic heterocycles. The minimum Gasteiger partial charge on any atom is -0.483 e. The molecule has 96 valence electrons. The molecule has 1 fully saturated rings. The molecule has 2 atom stereocenters. The lowest BCUT2D eigenvalue weighted by Gasteiger charge is -2.13. The molecule has 1 aliphatic rings. The zero-order valence-electron chi connectivity index (χ0n) is 10.7. The van der Waals surface area contributed by atoms with Crippen LogP contribution in [0.5, 0.6) is 5.75 Å². The molecule has 0 saturated heterocycles. The van der Waals surface area contributed by atoms with Crippen molar-refractivity contribution in [3.05, 3.63) is 66.2 Å². The van der Waals surface area contributed by atoms with E-state index in [2.05, 4.69) is 0 Å². The number of hydrogen-bond acceptors (Lipinski definition) is 2. The van der Waals surface area contributed by atoms with Gasteiger partial charge >= 0.3 is 0 Å². The molecule has 0 amide bonds. The van der Waals surface area contributed by atoms with E-state index in [-0.39, 0.29) is 17.8 Å². The van der Waals surface area contributed by atoms with Crippen molar-refractivity contribution in [2.45, 2.75) is 24.9 Å². The molecule has 2 aromatic rings. The van der Waals surface area contributed by atoms with E-state index < -0.39 is 0 Å². The van der Waals surface area contributed by atoms with Crippen LogP contribution >= 0.6 is 0 Å². The molecule has 2 heteroatoms. The lowest BCUT2D eigenvalue weighted by molar-refractivity contribution is -0.124. The third kappa shape index (κ3) is 2.53. The number of carbonyl (C=O) groups excluding carboxylic acids is 1. The van der Waals surface area contributed by atoms with E-state index in [0.29, 0.717) is 0 Å². The van der Waals surface area contributed by atoms with Crippen LogP contribution in [0.2, 0.25) is 0 Å². The molecule has 0 heterocycles. The zero-order chi connectivity index (χ0) is 13.1. The first-order chi connectivity index (χ1) is 9.34. The summed E-state index contributed by atoms with van der Waals surface area (Å²) in [6.07, 6.45) is 1.38. The highest BCUT2D eigenvalue weighted by Crippen LogP contribution is 2.33. The maximum absolute atomic E-state index is 12.4. The summed E-state index contributed by atoms with van der Waals surface area (Å²) in [4.78, 5) is 12.4. The lowest BCUT2D eigenvalue weighted by atomic mass is 9.97. The largest absolute Gasteiger partial charge is 0.483 e. The topological polar surface area (TPSA) is 26.3 Å². The van der Waals surface area contributed by atoms with Crippen molar-refractivity contribution >= 4 is 5.78 Å².